The summed E-state index contributed by atoms with van der Waals surface area (Å²) in [5.41, 5.74) is 4.39. The zero-order valence-corrected chi connectivity index (χ0v) is 22.0. The number of anilines is 2. The van der Waals surface area contributed by atoms with E-state index >= 15 is 0 Å². The van der Waals surface area contributed by atoms with E-state index in [0.29, 0.717) is 11.2 Å². The lowest BCUT2D eigenvalue weighted by Gasteiger charge is -2.40. The molecule has 1 amide bonds. The Kier molecular flexibility index (Phi) is 5.80. The Hall–Kier alpha value is -2.51. The predicted molar refractivity (Wildman–Crippen MR) is 145 cm³/mol. The van der Waals surface area contributed by atoms with E-state index in [0.717, 1.165) is 33.0 Å². The minimum absolute atomic E-state index is 0.0243. The van der Waals surface area contributed by atoms with E-state index in [1.165, 1.54) is 41.9 Å². The van der Waals surface area contributed by atoms with Crippen LogP contribution < -0.4 is 15.1 Å². The van der Waals surface area contributed by atoms with E-state index in [4.69, 9.17) is 0 Å². The van der Waals surface area contributed by atoms with Gasteiger partial charge in [0.2, 0.25) is 5.91 Å². The highest BCUT2D eigenvalue weighted by atomic mass is 32.2. The Morgan fingerprint density at radius 2 is 1.77 bits per heavy atom. The fourth-order valence-electron chi connectivity index (χ4n) is 6.42. The Balaban J connectivity index is 1.35. The van der Waals surface area contributed by atoms with Gasteiger partial charge < -0.3 is 10.2 Å². The van der Waals surface area contributed by atoms with Gasteiger partial charge >= 0.3 is 4.87 Å². The molecule has 0 spiro atoms. The van der Waals surface area contributed by atoms with Crippen molar-refractivity contribution in [1.29, 1.82) is 0 Å². The van der Waals surface area contributed by atoms with Crippen LogP contribution in [0.5, 0.6) is 0 Å². The first-order valence-electron chi connectivity index (χ1n) is 12.4. The molecule has 1 N–H and O–H groups in total. The Morgan fingerprint density at radius 1 is 1.06 bits per heavy atom. The van der Waals surface area contributed by atoms with Crippen molar-refractivity contribution in [2.24, 2.45) is 17.8 Å². The summed E-state index contributed by atoms with van der Waals surface area (Å²) in [6.45, 7) is 2.08. The van der Waals surface area contributed by atoms with E-state index in [9.17, 15) is 9.59 Å². The maximum Gasteiger partial charge on any atom is 0.308 e. The summed E-state index contributed by atoms with van der Waals surface area (Å²) < 4.78 is 1.73. The van der Waals surface area contributed by atoms with Crippen molar-refractivity contribution < 1.29 is 4.79 Å². The zero-order chi connectivity index (χ0) is 24.3. The summed E-state index contributed by atoms with van der Waals surface area (Å²) in [5.74, 6) is 2.11. The third-order valence-electron chi connectivity index (χ3n) is 8.10. The molecule has 0 saturated heterocycles. The molecule has 6 rings (SSSR count). The summed E-state index contributed by atoms with van der Waals surface area (Å²) in [4.78, 5) is 29.4. The number of benzene rings is 2. The SMILES string of the molecule is Cc1ccc(NC(=O)Cn2c3c(sc2=O)[C@@H](c2ccc(N(C)C)cc2)[C@@H]2[C@H]4CC[C@@H](C4)[C@H]2S3)cc1. The molecule has 182 valence electrons. The van der Waals surface area contributed by atoms with E-state index in [1.54, 1.807) is 4.57 Å². The van der Waals surface area contributed by atoms with Crippen molar-refractivity contribution in [2.75, 3.05) is 24.3 Å². The molecular formula is C28H31N3O2S2. The van der Waals surface area contributed by atoms with Crippen molar-refractivity contribution in [3.63, 3.8) is 0 Å². The molecule has 2 heterocycles. The number of hydrogen-bond acceptors (Lipinski definition) is 5. The molecule has 35 heavy (non-hydrogen) atoms. The lowest BCUT2D eigenvalue weighted by Crippen LogP contribution is -2.34. The summed E-state index contributed by atoms with van der Waals surface area (Å²) in [6.07, 6.45) is 3.91. The molecule has 5 nitrogen and oxygen atoms in total. The summed E-state index contributed by atoms with van der Waals surface area (Å²) in [6, 6.07) is 16.6. The second-order valence-electron chi connectivity index (χ2n) is 10.5. The van der Waals surface area contributed by atoms with Gasteiger partial charge in [0.25, 0.3) is 0 Å². The number of thioether (sulfide) groups is 1. The van der Waals surface area contributed by atoms with Crippen LogP contribution in [-0.4, -0.2) is 29.8 Å². The average molecular weight is 506 g/mol. The maximum absolute atomic E-state index is 13.2. The first-order valence-corrected chi connectivity index (χ1v) is 14.1. The zero-order valence-electron chi connectivity index (χ0n) is 20.4. The first kappa shape index (κ1) is 22.9. The third kappa shape index (κ3) is 4.02. The molecule has 1 aromatic heterocycles. The number of amides is 1. The Morgan fingerprint density at radius 3 is 2.49 bits per heavy atom. The molecule has 7 heteroatoms. The quantitative estimate of drug-likeness (QED) is 0.492. The fourth-order valence-corrected chi connectivity index (χ4v) is 9.57. The van der Waals surface area contributed by atoms with Gasteiger partial charge in [0, 0.05) is 41.5 Å². The number of carbonyl (C=O) groups excluding carboxylic acids is 1. The molecule has 1 aliphatic heterocycles. The van der Waals surface area contributed by atoms with Gasteiger partial charge in [0.15, 0.2) is 0 Å². The van der Waals surface area contributed by atoms with Crippen LogP contribution in [0, 0.1) is 24.7 Å². The lowest BCUT2D eigenvalue weighted by atomic mass is 9.75. The minimum atomic E-state index is -0.154. The predicted octanol–water partition coefficient (Wildman–Crippen LogP) is 5.58. The van der Waals surface area contributed by atoms with Crippen molar-refractivity contribution in [1.82, 2.24) is 4.57 Å². The first-order chi connectivity index (χ1) is 16.9. The highest BCUT2D eigenvalue weighted by Gasteiger charge is 2.55. The average Bonchev–Trinajstić information content (AvgIpc) is 3.54. The molecule has 0 unspecified atom stereocenters. The van der Waals surface area contributed by atoms with Gasteiger partial charge in [-0.25, -0.2) is 0 Å². The molecule has 2 bridgehead atoms. The van der Waals surface area contributed by atoms with Crippen molar-refractivity contribution in [3.05, 3.63) is 74.2 Å². The molecule has 2 fully saturated rings. The largest absolute Gasteiger partial charge is 0.378 e. The van der Waals surface area contributed by atoms with Crippen LogP contribution in [0.3, 0.4) is 0 Å². The van der Waals surface area contributed by atoms with Crippen LogP contribution in [0.2, 0.25) is 0 Å². The molecule has 2 aromatic carbocycles. The van der Waals surface area contributed by atoms with E-state index in [2.05, 4.69) is 48.6 Å². The number of aromatic nitrogens is 1. The van der Waals surface area contributed by atoms with Crippen LogP contribution in [0.25, 0.3) is 0 Å². The van der Waals surface area contributed by atoms with Crippen LogP contribution >= 0.6 is 23.1 Å². The second kappa shape index (κ2) is 8.86. The van der Waals surface area contributed by atoms with E-state index in [-0.39, 0.29) is 23.2 Å². The van der Waals surface area contributed by atoms with Crippen LogP contribution in [0.1, 0.15) is 41.2 Å². The van der Waals surface area contributed by atoms with Crippen molar-refractivity contribution in [2.45, 2.75) is 48.9 Å². The monoisotopic (exact) mass is 505 g/mol. The summed E-state index contributed by atoms with van der Waals surface area (Å²) in [7, 11) is 4.12. The minimum Gasteiger partial charge on any atom is -0.378 e. The fraction of sp³-hybridized carbons (Fsp3) is 0.429. The van der Waals surface area contributed by atoms with Gasteiger partial charge in [-0.3, -0.25) is 14.2 Å². The normalized spacial score (nSPS) is 26.3. The van der Waals surface area contributed by atoms with Crippen LogP contribution in [0.4, 0.5) is 11.4 Å². The topological polar surface area (TPSA) is 54.3 Å². The molecular weight excluding hydrogens is 474 g/mol. The number of nitrogens with one attached hydrogen (secondary N) is 1. The summed E-state index contributed by atoms with van der Waals surface area (Å²) >= 11 is 3.23. The number of aryl methyl sites for hydroxylation is 1. The smallest absolute Gasteiger partial charge is 0.308 e. The number of carbonyl (C=O) groups is 1. The van der Waals surface area contributed by atoms with Crippen molar-refractivity contribution in [3.8, 4) is 0 Å². The Bertz CT molecular complexity index is 1310. The van der Waals surface area contributed by atoms with Crippen molar-refractivity contribution >= 4 is 40.4 Å². The third-order valence-corrected chi connectivity index (χ3v) is 10.9. The standard InChI is InChI=1S/C28H31N3O2S2/c1-16-4-10-20(11-5-16)29-22(32)15-31-27-26(35-28(31)33)23(17-8-12-21(13-9-17)30(2)3)24-18-6-7-19(14-18)25(24)34-27/h4-5,8-13,18-19,23-25H,6-7,14-15H2,1-3H3,(H,29,32)/t18-,19-,23-,24-,25+/m0/s1. The van der Waals surface area contributed by atoms with Gasteiger partial charge in [-0.1, -0.05) is 41.2 Å². The second-order valence-corrected chi connectivity index (χ2v) is 12.7. The van der Waals surface area contributed by atoms with Crippen LogP contribution in [0.15, 0.2) is 58.4 Å². The number of thiazole rings is 1. The molecule has 3 aliphatic rings. The highest BCUT2D eigenvalue weighted by Crippen LogP contribution is 2.64. The highest BCUT2D eigenvalue weighted by molar-refractivity contribution is 8.00. The van der Waals surface area contributed by atoms with E-state index < -0.39 is 0 Å². The number of rotatable bonds is 5. The van der Waals surface area contributed by atoms with Crippen LogP contribution in [-0.2, 0) is 11.3 Å². The number of hydrogen-bond donors (Lipinski definition) is 1. The number of nitrogens with zero attached hydrogens (tertiary/aromatic N) is 2. The molecule has 0 radical (unpaired) electrons. The van der Waals surface area contributed by atoms with Gasteiger partial charge in [0.1, 0.15) is 6.54 Å². The van der Waals surface area contributed by atoms with E-state index in [1.807, 2.05) is 43.0 Å². The van der Waals surface area contributed by atoms with Gasteiger partial charge in [-0.05, 0) is 73.8 Å². The number of fused-ring (bicyclic) bond motifs is 6. The molecule has 5 atom stereocenters. The molecule has 3 aromatic rings. The lowest BCUT2D eigenvalue weighted by molar-refractivity contribution is -0.116. The maximum atomic E-state index is 13.2. The summed E-state index contributed by atoms with van der Waals surface area (Å²) in [5, 5.41) is 4.52. The van der Waals surface area contributed by atoms with Gasteiger partial charge in [0.05, 0.1) is 5.03 Å². The Labute approximate surface area is 214 Å². The van der Waals surface area contributed by atoms with Gasteiger partial charge in [-0.15, -0.1) is 11.8 Å². The molecule has 2 aliphatic carbocycles. The van der Waals surface area contributed by atoms with Gasteiger partial charge in [-0.2, -0.15) is 0 Å². The molecule has 2 saturated carbocycles.